The first-order chi connectivity index (χ1) is 9.15. The van der Waals surface area contributed by atoms with Crippen molar-refractivity contribution >= 4 is 29.4 Å². The summed E-state index contributed by atoms with van der Waals surface area (Å²) in [5.74, 6) is 0.0968. The van der Waals surface area contributed by atoms with Gasteiger partial charge in [0.25, 0.3) is 0 Å². The zero-order valence-corrected chi connectivity index (χ0v) is 11.4. The molecule has 0 fully saturated rings. The number of hydrogen-bond donors (Lipinski definition) is 1. The van der Waals surface area contributed by atoms with Crippen LogP contribution in [0, 0.1) is 0 Å². The van der Waals surface area contributed by atoms with Crippen LogP contribution in [0.5, 0.6) is 5.75 Å². The molecule has 0 heterocycles. The zero-order chi connectivity index (χ0) is 13.7. The SMILES string of the molecule is Oc1ccc(Cl)cc1/C=N/OCc1cccc(Cl)c1. The Morgan fingerprint density at radius 1 is 1.11 bits per heavy atom. The number of nitrogens with zero attached hydrogens (tertiary/aromatic N) is 1. The maximum atomic E-state index is 9.56. The molecule has 2 rings (SSSR count). The van der Waals surface area contributed by atoms with E-state index < -0.39 is 0 Å². The Balaban J connectivity index is 1.95. The monoisotopic (exact) mass is 295 g/mol. The predicted octanol–water partition coefficient (Wildman–Crippen LogP) is 4.25. The summed E-state index contributed by atoms with van der Waals surface area (Å²) in [6, 6.07) is 12.0. The van der Waals surface area contributed by atoms with Crippen LogP contribution in [0.4, 0.5) is 0 Å². The van der Waals surface area contributed by atoms with E-state index >= 15 is 0 Å². The Bertz CT molecular complexity index is 600. The molecule has 0 saturated heterocycles. The van der Waals surface area contributed by atoms with Gasteiger partial charge in [0.05, 0.1) is 6.21 Å². The van der Waals surface area contributed by atoms with Gasteiger partial charge in [-0.3, -0.25) is 0 Å². The van der Waals surface area contributed by atoms with E-state index in [0.29, 0.717) is 22.2 Å². The van der Waals surface area contributed by atoms with E-state index in [4.69, 9.17) is 28.0 Å². The van der Waals surface area contributed by atoms with Crippen LogP contribution in [-0.4, -0.2) is 11.3 Å². The lowest BCUT2D eigenvalue weighted by Gasteiger charge is -2.01. The molecular formula is C14H11Cl2NO2. The fourth-order valence-corrected chi connectivity index (χ4v) is 1.85. The lowest BCUT2D eigenvalue weighted by Crippen LogP contribution is -1.88. The molecule has 0 saturated carbocycles. The summed E-state index contributed by atoms with van der Waals surface area (Å²) in [6.07, 6.45) is 1.41. The highest BCUT2D eigenvalue weighted by Gasteiger charge is 1.99. The van der Waals surface area contributed by atoms with Crippen molar-refractivity contribution in [1.29, 1.82) is 0 Å². The molecule has 5 heteroatoms. The van der Waals surface area contributed by atoms with Crippen LogP contribution in [0.3, 0.4) is 0 Å². The van der Waals surface area contributed by atoms with Crippen LogP contribution in [0.25, 0.3) is 0 Å². The third-order valence-corrected chi connectivity index (χ3v) is 2.85. The van der Waals surface area contributed by atoms with Gasteiger partial charge in [-0.1, -0.05) is 40.5 Å². The number of rotatable bonds is 4. The van der Waals surface area contributed by atoms with Crippen molar-refractivity contribution in [1.82, 2.24) is 0 Å². The minimum atomic E-state index is 0.0968. The number of oxime groups is 1. The van der Waals surface area contributed by atoms with Crippen LogP contribution in [0.15, 0.2) is 47.6 Å². The van der Waals surface area contributed by atoms with Crippen molar-refractivity contribution in [3.05, 3.63) is 63.6 Å². The van der Waals surface area contributed by atoms with E-state index in [9.17, 15) is 5.11 Å². The quantitative estimate of drug-likeness (QED) is 0.677. The Morgan fingerprint density at radius 2 is 1.89 bits per heavy atom. The summed E-state index contributed by atoms with van der Waals surface area (Å²) >= 11 is 11.7. The number of benzene rings is 2. The Kier molecular flexibility index (Phi) is 4.66. The Hall–Kier alpha value is -1.71. The van der Waals surface area contributed by atoms with E-state index in [1.807, 2.05) is 12.1 Å². The summed E-state index contributed by atoms with van der Waals surface area (Å²) in [5, 5.41) is 14.5. The van der Waals surface area contributed by atoms with Crippen LogP contribution in [0.1, 0.15) is 11.1 Å². The van der Waals surface area contributed by atoms with Crippen LogP contribution >= 0.6 is 23.2 Å². The zero-order valence-electron chi connectivity index (χ0n) is 9.88. The van der Waals surface area contributed by atoms with Gasteiger partial charge in [0.1, 0.15) is 12.4 Å². The van der Waals surface area contributed by atoms with E-state index in [0.717, 1.165) is 5.56 Å². The van der Waals surface area contributed by atoms with Gasteiger partial charge in [-0.2, -0.15) is 0 Å². The molecule has 0 amide bonds. The van der Waals surface area contributed by atoms with Gasteiger partial charge >= 0.3 is 0 Å². The number of phenols is 1. The minimum Gasteiger partial charge on any atom is -0.507 e. The maximum Gasteiger partial charge on any atom is 0.142 e. The summed E-state index contributed by atoms with van der Waals surface area (Å²) in [7, 11) is 0. The molecule has 0 radical (unpaired) electrons. The highest BCUT2D eigenvalue weighted by Crippen LogP contribution is 2.19. The van der Waals surface area contributed by atoms with Crippen LogP contribution in [-0.2, 0) is 11.4 Å². The number of hydrogen-bond acceptors (Lipinski definition) is 3. The van der Waals surface area contributed by atoms with Gasteiger partial charge in [0.15, 0.2) is 0 Å². The molecule has 1 N–H and O–H groups in total. The largest absolute Gasteiger partial charge is 0.507 e. The van der Waals surface area contributed by atoms with Crippen molar-refractivity contribution in [2.75, 3.05) is 0 Å². The second-order valence-electron chi connectivity index (χ2n) is 3.84. The summed E-state index contributed by atoms with van der Waals surface area (Å²) < 4.78 is 0. The highest BCUT2D eigenvalue weighted by atomic mass is 35.5. The average molecular weight is 296 g/mol. The van der Waals surface area contributed by atoms with Crippen molar-refractivity contribution in [3.8, 4) is 5.75 Å². The van der Waals surface area contributed by atoms with Gasteiger partial charge in [-0.15, -0.1) is 0 Å². The third kappa shape index (κ3) is 4.16. The molecule has 0 atom stereocenters. The van der Waals surface area contributed by atoms with E-state index in [1.165, 1.54) is 12.3 Å². The maximum absolute atomic E-state index is 9.56. The molecule has 0 aliphatic heterocycles. The van der Waals surface area contributed by atoms with Gasteiger partial charge < -0.3 is 9.94 Å². The number of phenolic OH excluding ortho intramolecular Hbond substituents is 1. The minimum absolute atomic E-state index is 0.0968. The van der Waals surface area contributed by atoms with Crippen molar-refractivity contribution in [2.45, 2.75) is 6.61 Å². The lowest BCUT2D eigenvalue weighted by atomic mass is 10.2. The highest BCUT2D eigenvalue weighted by molar-refractivity contribution is 6.31. The summed E-state index contributed by atoms with van der Waals surface area (Å²) in [6.45, 7) is 0.304. The normalized spacial score (nSPS) is 10.8. The molecular weight excluding hydrogens is 285 g/mol. The molecule has 0 aliphatic rings. The topological polar surface area (TPSA) is 41.8 Å². The second-order valence-corrected chi connectivity index (χ2v) is 4.71. The molecule has 0 bridgehead atoms. The van der Waals surface area contributed by atoms with Gasteiger partial charge in [0.2, 0.25) is 0 Å². The first-order valence-corrected chi connectivity index (χ1v) is 6.29. The van der Waals surface area contributed by atoms with Gasteiger partial charge in [-0.25, -0.2) is 0 Å². The standard InChI is InChI=1S/C14H11Cl2NO2/c15-12-3-1-2-10(6-12)9-19-17-8-11-7-13(16)4-5-14(11)18/h1-8,18H,9H2/b17-8+. The Labute approximate surface area is 121 Å². The fourth-order valence-electron chi connectivity index (χ4n) is 1.46. The molecule has 3 nitrogen and oxygen atoms in total. The molecule has 0 spiro atoms. The first-order valence-electron chi connectivity index (χ1n) is 5.53. The van der Waals surface area contributed by atoms with Crippen molar-refractivity contribution < 1.29 is 9.94 Å². The lowest BCUT2D eigenvalue weighted by molar-refractivity contribution is 0.132. The smallest absolute Gasteiger partial charge is 0.142 e. The molecule has 2 aromatic carbocycles. The molecule has 0 aromatic heterocycles. The van der Waals surface area contributed by atoms with E-state index in [1.54, 1.807) is 24.3 Å². The molecule has 0 aliphatic carbocycles. The first kappa shape index (κ1) is 13.7. The molecule has 0 unspecified atom stereocenters. The number of halogens is 2. The van der Waals surface area contributed by atoms with Crippen LogP contribution < -0.4 is 0 Å². The second kappa shape index (κ2) is 6.45. The summed E-state index contributed by atoms with van der Waals surface area (Å²) in [5.41, 5.74) is 1.42. The van der Waals surface area contributed by atoms with E-state index in [-0.39, 0.29) is 5.75 Å². The number of aromatic hydroxyl groups is 1. The van der Waals surface area contributed by atoms with E-state index in [2.05, 4.69) is 5.16 Å². The van der Waals surface area contributed by atoms with Crippen LogP contribution in [0.2, 0.25) is 10.0 Å². The van der Waals surface area contributed by atoms with Crippen molar-refractivity contribution in [3.63, 3.8) is 0 Å². The fraction of sp³-hybridized carbons (Fsp3) is 0.0714. The van der Waals surface area contributed by atoms with Gasteiger partial charge in [-0.05, 0) is 35.9 Å². The molecule has 98 valence electrons. The summed E-state index contributed by atoms with van der Waals surface area (Å²) in [4.78, 5) is 5.13. The van der Waals surface area contributed by atoms with Crippen molar-refractivity contribution in [2.24, 2.45) is 5.16 Å². The Morgan fingerprint density at radius 3 is 2.68 bits per heavy atom. The predicted molar refractivity (Wildman–Crippen MR) is 77.0 cm³/mol. The van der Waals surface area contributed by atoms with Gasteiger partial charge in [0, 0.05) is 15.6 Å². The molecule has 2 aromatic rings. The third-order valence-electron chi connectivity index (χ3n) is 2.38. The molecule has 19 heavy (non-hydrogen) atoms. The average Bonchev–Trinajstić information content (AvgIpc) is 2.39.